The third-order valence-electron chi connectivity index (χ3n) is 3.10. The van der Waals surface area contributed by atoms with Crippen molar-refractivity contribution in [3.63, 3.8) is 0 Å². The van der Waals surface area contributed by atoms with Gasteiger partial charge >= 0.3 is 0 Å². The molecule has 0 aliphatic carbocycles. The molecule has 1 aliphatic rings. The van der Waals surface area contributed by atoms with Crippen molar-refractivity contribution in [3.05, 3.63) is 35.6 Å². The number of ether oxygens (including phenoxy) is 1. The van der Waals surface area contributed by atoms with Crippen molar-refractivity contribution in [2.45, 2.75) is 19.1 Å². The molecule has 2 atom stereocenters. The third-order valence-corrected chi connectivity index (χ3v) is 3.10. The Balaban J connectivity index is 2.27. The van der Waals surface area contributed by atoms with Gasteiger partial charge in [0.25, 0.3) is 0 Å². The minimum Gasteiger partial charge on any atom is -0.383 e. The molecule has 1 aromatic carbocycles. The van der Waals surface area contributed by atoms with E-state index in [1.807, 2.05) is 6.92 Å². The van der Waals surface area contributed by atoms with Crippen molar-refractivity contribution < 1.29 is 13.9 Å². The monoisotopic (exact) mass is 252 g/mol. The summed E-state index contributed by atoms with van der Waals surface area (Å²) in [6, 6.07) is 6.40. The van der Waals surface area contributed by atoms with E-state index in [9.17, 15) is 9.18 Å². The van der Waals surface area contributed by atoms with E-state index in [2.05, 4.69) is 5.32 Å². The van der Waals surface area contributed by atoms with Gasteiger partial charge in [0.15, 0.2) is 0 Å². The van der Waals surface area contributed by atoms with Crippen molar-refractivity contribution >= 4 is 5.91 Å². The van der Waals surface area contributed by atoms with Gasteiger partial charge in [-0.1, -0.05) is 18.2 Å². The molecule has 2 rings (SSSR count). The lowest BCUT2D eigenvalue weighted by Gasteiger charge is -2.30. The molecule has 0 spiro atoms. The van der Waals surface area contributed by atoms with Gasteiger partial charge in [-0.25, -0.2) is 4.39 Å². The number of methoxy groups -OCH3 is 1. The maximum Gasteiger partial charge on any atom is 0.238 e. The summed E-state index contributed by atoms with van der Waals surface area (Å²) in [5.74, 6) is -0.341. The van der Waals surface area contributed by atoms with Crippen LogP contribution in [0, 0.1) is 5.82 Å². The average molecular weight is 252 g/mol. The van der Waals surface area contributed by atoms with E-state index in [0.29, 0.717) is 12.2 Å². The molecular formula is C13H17FN2O2. The van der Waals surface area contributed by atoms with Crippen molar-refractivity contribution in [2.24, 2.45) is 0 Å². The Kier molecular flexibility index (Phi) is 3.93. The molecule has 1 aliphatic heterocycles. The highest BCUT2D eigenvalue weighted by Crippen LogP contribution is 2.26. The number of benzene rings is 1. The Labute approximate surface area is 106 Å². The molecule has 0 bridgehead atoms. The van der Waals surface area contributed by atoms with Crippen molar-refractivity contribution in [2.75, 3.05) is 20.3 Å². The molecule has 1 amide bonds. The van der Waals surface area contributed by atoms with Gasteiger partial charge in [-0.05, 0) is 13.0 Å². The highest BCUT2D eigenvalue weighted by atomic mass is 19.1. The van der Waals surface area contributed by atoms with Gasteiger partial charge in [-0.15, -0.1) is 0 Å². The molecule has 5 heteroatoms. The minimum absolute atomic E-state index is 0.0344. The number of nitrogens with one attached hydrogen (secondary N) is 1. The number of amides is 1. The van der Waals surface area contributed by atoms with Gasteiger partial charge in [-0.2, -0.15) is 0 Å². The van der Waals surface area contributed by atoms with Crippen LogP contribution in [0.5, 0.6) is 0 Å². The predicted molar refractivity (Wildman–Crippen MR) is 65.3 cm³/mol. The Morgan fingerprint density at radius 2 is 2.28 bits per heavy atom. The van der Waals surface area contributed by atoms with Crippen LogP contribution in [-0.4, -0.2) is 37.1 Å². The van der Waals surface area contributed by atoms with Crippen LogP contribution in [0.1, 0.15) is 18.7 Å². The predicted octanol–water partition coefficient (Wildman–Crippen LogP) is 1.29. The normalized spacial score (nSPS) is 21.4. The molecule has 1 heterocycles. The van der Waals surface area contributed by atoms with Crippen LogP contribution in [0.2, 0.25) is 0 Å². The molecule has 18 heavy (non-hydrogen) atoms. The first-order valence-corrected chi connectivity index (χ1v) is 5.93. The van der Waals surface area contributed by atoms with Gasteiger partial charge in [0.1, 0.15) is 12.0 Å². The zero-order valence-corrected chi connectivity index (χ0v) is 10.5. The van der Waals surface area contributed by atoms with E-state index >= 15 is 0 Å². The Bertz CT molecular complexity index is 439. The number of carbonyl (C=O) groups is 1. The fourth-order valence-electron chi connectivity index (χ4n) is 2.30. The van der Waals surface area contributed by atoms with E-state index in [0.717, 1.165) is 0 Å². The molecule has 0 radical (unpaired) electrons. The quantitative estimate of drug-likeness (QED) is 0.878. The first-order chi connectivity index (χ1) is 8.65. The second-order valence-corrected chi connectivity index (χ2v) is 4.41. The fraction of sp³-hybridized carbons (Fsp3) is 0.462. The lowest BCUT2D eigenvalue weighted by atomic mass is 10.1. The SMILES string of the molecule is COCC(C)N1C(=O)CNC1c1ccccc1F. The van der Waals surface area contributed by atoms with E-state index in [1.165, 1.54) is 6.07 Å². The van der Waals surface area contributed by atoms with Gasteiger partial charge in [0, 0.05) is 12.7 Å². The molecule has 4 nitrogen and oxygen atoms in total. The zero-order chi connectivity index (χ0) is 13.1. The molecule has 2 unspecified atom stereocenters. The molecule has 0 saturated carbocycles. The molecule has 1 N–H and O–H groups in total. The number of nitrogens with zero attached hydrogens (tertiary/aromatic N) is 1. The lowest BCUT2D eigenvalue weighted by Crippen LogP contribution is -2.40. The van der Waals surface area contributed by atoms with Gasteiger partial charge < -0.3 is 9.64 Å². The number of hydrogen-bond acceptors (Lipinski definition) is 3. The highest BCUT2D eigenvalue weighted by molar-refractivity contribution is 5.81. The fourth-order valence-corrected chi connectivity index (χ4v) is 2.30. The summed E-state index contributed by atoms with van der Waals surface area (Å²) in [5.41, 5.74) is 0.492. The second-order valence-electron chi connectivity index (χ2n) is 4.41. The maximum absolute atomic E-state index is 13.8. The Hall–Kier alpha value is -1.46. The van der Waals surface area contributed by atoms with Crippen molar-refractivity contribution in [3.8, 4) is 0 Å². The van der Waals surface area contributed by atoms with Crippen LogP contribution in [-0.2, 0) is 9.53 Å². The average Bonchev–Trinajstić information content (AvgIpc) is 2.72. The number of hydrogen-bond donors (Lipinski definition) is 1. The molecule has 98 valence electrons. The molecule has 1 fully saturated rings. The van der Waals surface area contributed by atoms with Crippen LogP contribution in [0.4, 0.5) is 4.39 Å². The van der Waals surface area contributed by atoms with Crippen molar-refractivity contribution in [1.29, 1.82) is 0 Å². The van der Waals surface area contributed by atoms with Gasteiger partial charge in [0.2, 0.25) is 5.91 Å². The number of halogens is 1. The van der Waals surface area contributed by atoms with E-state index in [1.54, 1.807) is 30.2 Å². The summed E-state index contributed by atoms with van der Waals surface area (Å²) in [6.45, 7) is 2.55. The number of rotatable bonds is 4. The summed E-state index contributed by atoms with van der Waals surface area (Å²) in [4.78, 5) is 13.5. The van der Waals surface area contributed by atoms with E-state index in [4.69, 9.17) is 4.74 Å². The Morgan fingerprint density at radius 1 is 1.56 bits per heavy atom. The van der Waals surface area contributed by atoms with E-state index in [-0.39, 0.29) is 24.3 Å². The molecule has 1 aromatic rings. The van der Waals surface area contributed by atoms with Crippen LogP contribution < -0.4 is 5.32 Å². The van der Waals surface area contributed by atoms with Crippen molar-refractivity contribution in [1.82, 2.24) is 10.2 Å². The van der Waals surface area contributed by atoms with Crippen LogP contribution in [0.25, 0.3) is 0 Å². The zero-order valence-electron chi connectivity index (χ0n) is 10.5. The largest absolute Gasteiger partial charge is 0.383 e. The lowest BCUT2D eigenvalue weighted by molar-refractivity contribution is -0.131. The minimum atomic E-state index is -0.413. The van der Waals surface area contributed by atoms with E-state index < -0.39 is 6.17 Å². The summed E-state index contributed by atoms with van der Waals surface area (Å²) >= 11 is 0. The summed E-state index contributed by atoms with van der Waals surface area (Å²) < 4.78 is 18.8. The maximum atomic E-state index is 13.8. The standard InChI is InChI=1S/C13H17FN2O2/c1-9(8-18-2)16-12(17)7-15-13(16)10-5-3-4-6-11(10)14/h3-6,9,13,15H,7-8H2,1-2H3. The highest BCUT2D eigenvalue weighted by Gasteiger charge is 2.36. The molecule has 0 aromatic heterocycles. The van der Waals surface area contributed by atoms with Crippen LogP contribution in [0.15, 0.2) is 24.3 Å². The molecular weight excluding hydrogens is 235 g/mol. The first kappa shape index (κ1) is 13.0. The second kappa shape index (κ2) is 5.46. The summed E-state index contributed by atoms with van der Waals surface area (Å²) in [6.07, 6.45) is -0.413. The smallest absolute Gasteiger partial charge is 0.238 e. The number of carbonyl (C=O) groups excluding carboxylic acids is 1. The third kappa shape index (κ3) is 2.37. The Morgan fingerprint density at radius 3 is 2.94 bits per heavy atom. The van der Waals surface area contributed by atoms with Crippen LogP contribution >= 0.6 is 0 Å². The van der Waals surface area contributed by atoms with Gasteiger partial charge in [0.05, 0.1) is 19.2 Å². The first-order valence-electron chi connectivity index (χ1n) is 5.93. The van der Waals surface area contributed by atoms with Crippen LogP contribution in [0.3, 0.4) is 0 Å². The summed E-state index contributed by atoms with van der Waals surface area (Å²) in [5, 5.41) is 3.03. The molecule has 1 saturated heterocycles. The van der Waals surface area contributed by atoms with Gasteiger partial charge in [-0.3, -0.25) is 10.1 Å². The topological polar surface area (TPSA) is 41.6 Å². The summed E-state index contributed by atoms with van der Waals surface area (Å²) in [7, 11) is 1.59.